The monoisotopic (exact) mass is 376 g/mol. The van der Waals surface area contributed by atoms with Crippen molar-refractivity contribution in [3.8, 4) is 0 Å². The number of imide groups is 1. The first kappa shape index (κ1) is 17.1. The molecule has 0 spiro atoms. The molecular weight excluding hydrogens is 367 g/mol. The van der Waals surface area contributed by atoms with E-state index in [2.05, 4.69) is 5.32 Å². The van der Waals surface area contributed by atoms with Crippen LogP contribution < -0.4 is 10.2 Å². The Morgan fingerprint density at radius 1 is 0.880 bits per heavy atom. The van der Waals surface area contributed by atoms with Crippen molar-refractivity contribution >= 4 is 58.1 Å². The molecule has 1 aliphatic rings. The first-order chi connectivity index (χ1) is 11.9. The number of ketones is 1. The standard InChI is InChI=1S/C17H10Cl2N2O4/c18-9-1-5-11(6-2-9)20-15(23)13-14(22)17(25)21(16(13)24)12-7-3-10(19)4-8-12/h1-8,13H,(H,20,23)/t13-/m1/s1. The van der Waals surface area contributed by atoms with Gasteiger partial charge in [-0.25, -0.2) is 4.90 Å². The van der Waals surface area contributed by atoms with Gasteiger partial charge < -0.3 is 5.32 Å². The maximum Gasteiger partial charge on any atom is 0.302 e. The van der Waals surface area contributed by atoms with E-state index in [1.54, 1.807) is 12.1 Å². The van der Waals surface area contributed by atoms with E-state index in [0.717, 1.165) is 0 Å². The van der Waals surface area contributed by atoms with E-state index in [1.807, 2.05) is 0 Å². The highest BCUT2D eigenvalue weighted by molar-refractivity contribution is 6.60. The molecule has 1 aliphatic heterocycles. The summed E-state index contributed by atoms with van der Waals surface area (Å²) in [6, 6.07) is 11.9. The summed E-state index contributed by atoms with van der Waals surface area (Å²) in [5, 5.41) is 3.31. The molecule has 126 valence electrons. The molecule has 6 nitrogen and oxygen atoms in total. The molecule has 0 aliphatic carbocycles. The van der Waals surface area contributed by atoms with E-state index in [-0.39, 0.29) is 5.69 Å². The van der Waals surface area contributed by atoms with Gasteiger partial charge in [0.05, 0.1) is 5.69 Å². The van der Waals surface area contributed by atoms with Crippen molar-refractivity contribution in [1.29, 1.82) is 0 Å². The second-order valence-corrected chi connectivity index (χ2v) is 6.12. The predicted molar refractivity (Wildman–Crippen MR) is 92.5 cm³/mol. The number of nitrogens with zero attached hydrogens (tertiary/aromatic N) is 1. The van der Waals surface area contributed by atoms with Crippen LogP contribution in [0.4, 0.5) is 11.4 Å². The quantitative estimate of drug-likeness (QED) is 0.507. The number of carbonyl (C=O) groups excluding carboxylic acids is 4. The average molecular weight is 377 g/mol. The molecule has 0 saturated carbocycles. The van der Waals surface area contributed by atoms with Gasteiger partial charge in [0, 0.05) is 15.7 Å². The van der Waals surface area contributed by atoms with E-state index in [9.17, 15) is 19.2 Å². The lowest BCUT2D eigenvalue weighted by Gasteiger charge is -2.14. The number of carbonyl (C=O) groups is 4. The van der Waals surface area contributed by atoms with Gasteiger partial charge in [0.2, 0.25) is 11.7 Å². The molecule has 0 bridgehead atoms. The molecule has 1 atom stereocenters. The van der Waals surface area contributed by atoms with E-state index in [4.69, 9.17) is 23.2 Å². The number of amides is 3. The minimum atomic E-state index is -1.72. The highest BCUT2D eigenvalue weighted by atomic mass is 35.5. The van der Waals surface area contributed by atoms with Crippen LogP contribution in [0.15, 0.2) is 48.5 Å². The number of hydrogen-bond acceptors (Lipinski definition) is 4. The molecule has 0 unspecified atom stereocenters. The largest absolute Gasteiger partial charge is 0.325 e. The number of benzene rings is 2. The first-order valence-corrected chi connectivity index (χ1v) is 7.88. The van der Waals surface area contributed by atoms with Gasteiger partial charge in [-0.05, 0) is 48.5 Å². The van der Waals surface area contributed by atoms with Gasteiger partial charge in [0.1, 0.15) is 0 Å². The molecule has 3 amide bonds. The van der Waals surface area contributed by atoms with Crippen molar-refractivity contribution in [2.45, 2.75) is 0 Å². The van der Waals surface area contributed by atoms with Crippen LogP contribution in [0.2, 0.25) is 10.0 Å². The molecule has 1 N–H and O–H groups in total. The van der Waals surface area contributed by atoms with Crippen molar-refractivity contribution in [2.24, 2.45) is 5.92 Å². The Morgan fingerprint density at radius 2 is 1.40 bits per heavy atom. The summed E-state index contributed by atoms with van der Waals surface area (Å²) in [4.78, 5) is 49.7. The smallest absolute Gasteiger partial charge is 0.302 e. The Labute approximate surface area is 152 Å². The third-order valence-electron chi connectivity index (χ3n) is 3.60. The zero-order valence-corrected chi connectivity index (χ0v) is 14.0. The van der Waals surface area contributed by atoms with E-state index < -0.39 is 29.4 Å². The van der Waals surface area contributed by atoms with Gasteiger partial charge in [0.25, 0.3) is 5.91 Å². The van der Waals surface area contributed by atoms with Crippen LogP contribution in [0.25, 0.3) is 0 Å². The summed E-state index contributed by atoms with van der Waals surface area (Å²) in [6.45, 7) is 0. The average Bonchev–Trinajstić information content (AvgIpc) is 2.80. The van der Waals surface area contributed by atoms with Crippen molar-refractivity contribution in [1.82, 2.24) is 0 Å². The van der Waals surface area contributed by atoms with Crippen molar-refractivity contribution in [3.63, 3.8) is 0 Å². The molecule has 1 saturated heterocycles. The van der Waals surface area contributed by atoms with Gasteiger partial charge in [-0.15, -0.1) is 0 Å². The second-order valence-electron chi connectivity index (χ2n) is 5.25. The molecule has 8 heteroatoms. The summed E-state index contributed by atoms with van der Waals surface area (Å²) in [6.07, 6.45) is 0. The fourth-order valence-corrected chi connectivity index (χ4v) is 2.64. The summed E-state index contributed by atoms with van der Waals surface area (Å²) in [5.74, 6) is -5.63. The lowest BCUT2D eigenvalue weighted by molar-refractivity contribution is -0.139. The molecule has 3 rings (SSSR count). The minimum absolute atomic E-state index is 0.176. The zero-order valence-electron chi connectivity index (χ0n) is 12.5. The highest BCUT2D eigenvalue weighted by Gasteiger charge is 2.51. The predicted octanol–water partition coefficient (Wildman–Crippen LogP) is 2.69. The minimum Gasteiger partial charge on any atom is -0.325 e. The third-order valence-corrected chi connectivity index (χ3v) is 4.11. The first-order valence-electron chi connectivity index (χ1n) is 7.12. The van der Waals surface area contributed by atoms with E-state index >= 15 is 0 Å². The molecule has 0 aromatic heterocycles. The van der Waals surface area contributed by atoms with Crippen LogP contribution in [0.5, 0.6) is 0 Å². The Hall–Kier alpha value is -2.70. The summed E-state index contributed by atoms with van der Waals surface area (Å²) < 4.78 is 0. The lowest BCUT2D eigenvalue weighted by Crippen LogP contribution is -2.34. The third kappa shape index (κ3) is 3.26. The van der Waals surface area contributed by atoms with Crippen LogP contribution in [0.3, 0.4) is 0 Å². The van der Waals surface area contributed by atoms with E-state index in [1.165, 1.54) is 36.4 Å². The van der Waals surface area contributed by atoms with Gasteiger partial charge in [-0.2, -0.15) is 0 Å². The number of rotatable bonds is 3. The Kier molecular flexibility index (Phi) is 4.57. The normalized spacial score (nSPS) is 17.1. The number of halogens is 2. The number of Topliss-reactive ketones (excluding diaryl/α,β-unsaturated/α-hetero) is 1. The van der Waals surface area contributed by atoms with Crippen LogP contribution in [-0.2, 0) is 19.2 Å². The Morgan fingerprint density at radius 3 is 1.96 bits per heavy atom. The van der Waals surface area contributed by atoms with Crippen LogP contribution in [0, 0.1) is 5.92 Å². The molecule has 2 aromatic rings. The van der Waals surface area contributed by atoms with E-state index in [0.29, 0.717) is 20.6 Å². The number of hydrogen-bond donors (Lipinski definition) is 1. The van der Waals surface area contributed by atoms with Crippen molar-refractivity contribution in [3.05, 3.63) is 58.6 Å². The fraction of sp³-hybridized carbons (Fsp3) is 0.0588. The summed E-state index contributed by atoms with van der Waals surface area (Å²) in [5.41, 5.74) is 0.530. The lowest BCUT2D eigenvalue weighted by atomic mass is 10.1. The molecule has 2 aromatic carbocycles. The van der Waals surface area contributed by atoms with Crippen LogP contribution >= 0.6 is 23.2 Å². The van der Waals surface area contributed by atoms with Crippen molar-refractivity contribution < 1.29 is 19.2 Å². The topological polar surface area (TPSA) is 83.6 Å². The van der Waals surface area contributed by atoms with Crippen LogP contribution in [-0.4, -0.2) is 23.5 Å². The summed E-state index contributed by atoms with van der Waals surface area (Å²) >= 11 is 11.5. The number of nitrogens with one attached hydrogen (secondary N) is 1. The van der Waals surface area contributed by atoms with Crippen molar-refractivity contribution in [2.75, 3.05) is 10.2 Å². The Balaban J connectivity index is 1.84. The maximum absolute atomic E-state index is 12.5. The molecule has 1 fully saturated rings. The number of anilines is 2. The van der Waals surface area contributed by atoms with Gasteiger partial charge >= 0.3 is 5.91 Å². The SMILES string of the molecule is O=C(Nc1ccc(Cl)cc1)[C@H]1C(=O)C(=O)N(c2ccc(Cl)cc2)C1=O. The Bertz CT molecular complexity index is 879. The van der Waals surface area contributed by atoms with Gasteiger partial charge in [0.15, 0.2) is 5.92 Å². The second kappa shape index (κ2) is 6.66. The zero-order chi connectivity index (χ0) is 18.1. The molecule has 1 heterocycles. The maximum atomic E-state index is 12.5. The highest BCUT2D eigenvalue weighted by Crippen LogP contribution is 2.26. The fourth-order valence-electron chi connectivity index (χ4n) is 2.39. The summed E-state index contributed by atoms with van der Waals surface area (Å²) in [7, 11) is 0. The van der Waals surface area contributed by atoms with Gasteiger partial charge in [-0.1, -0.05) is 23.2 Å². The molecular formula is C17H10Cl2N2O4. The van der Waals surface area contributed by atoms with Crippen LogP contribution in [0.1, 0.15) is 0 Å². The van der Waals surface area contributed by atoms with Gasteiger partial charge in [-0.3, -0.25) is 19.2 Å². The molecule has 25 heavy (non-hydrogen) atoms. The molecule has 0 radical (unpaired) electrons.